The SMILES string of the molecule is CCC(CC(C)c1ccc(N(c2ccccc2)c2ccc(/C=C3\CN(CC)/C(=C4/Cc5ccccc5C4=O)S3)cc2)cc1)c1ccc(/C=C/c2ccccc2)cc1. The zero-order valence-electron chi connectivity index (χ0n) is 33.1. The van der Waals surface area contributed by atoms with Crippen LogP contribution in [0.1, 0.15) is 89.2 Å². The van der Waals surface area contributed by atoms with E-state index in [1.165, 1.54) is 27.2 Å². The molecule has 0 N–H and O–H groups in total. The fourth-order valence-corrected chi connectivity index (χ4v) is 9.46. The maximum absolute atomic E-state index is 13.3. The van der Waals surface area contributed by atoms with Crippen LogP contribution in [0.2, 0.25) is 0 Å². The predicted molar refractivity (Wildman–Crippen MR) is 243 cm³/mol. The molecule has 57 heavy (non-hydrogen) atoms. The Morgan fingerprint density at radius 1 is 0.649 bits per heavy atom. The third-order valence-corrected chi connectivity index (χ3v) is 12.6. The number of Topliss-reactive ketones (excluding diaryl/α,β-unsaturated/α-hetero) is 1. The zero-order chi connectivity index (χ0) is 39.1. The Morgan fingerprint density at radius 3 is 1.86 bits per heavy atom. The van der Waals surface area contributed by atoms with Gasteiger partial charge in [-0.05, 0) is 107 Å². The fourth-order valence-electron chi connectivity index (χ4n) is 8.18. The molecule has 284 valence electrons. The van der Waals surface area contributed by atoms with E-state index in [4.69, 9.17) is 0 Å². The molecule has 0 saturated carbocycles. The molecule has 3 nitrogen and oxygen atoms in total. The van der Waals surface area contributed by atoms with E-state index >= 15 is 0 Å². The molecule has 1 fully saturated rings. The van der Waals surface area contributed by atoms with Gasteiger partial charge in [0.2, 0.25) is 0 Å². The maximum atomic E-state index is 13.3. The first-order valence-electron chi connectivity index (χ1n) is 20.3. The quantitative estimate of drug-likeness (QED) is 0.0915. The molecule has 6 aromatic rings. The molecule has 1 aliphatic carbocycles. The monoisotopic (exact) mass is 762 g/mol. The lowest BCUT2D eigenvalue weighted by molar-refractivity contribution is 0.103. The summed E-state index contributed by atoms with van der Waals surface area (Å²) in [5.41, 5.74) is 12.7. The number of thioether (sulfide) groups is 1. The van der Waals surface area contributed by atoms with Crippen molar-refractivity contribution in [2.75, 3.05) is 18.0 Å². The van der Waals surface area contributed by atoms with E-state index < -0.39 is 0 Å². The van der Waals surface area contributed by atoms with Gasteiger partial charge in [-0.2, -0.15) is 0 Å². The van der Waals surface area contributed by atoms with Crippen LogP contribution in [0, 0.1) is 0 Å². The molecule has 2 unspecified atom stereocenters. The van der Waals surface area contributed by atoms with Gasteiger partial charge in [0.25, 0.3) is 0 Å². The van der Waals surface area contributed by atoms with E-state index in [2.05, 4.69) is 188 Å². The molecule has 0 amide bonds. The third-order valence-electron chi connectivity index (χ3n) is 11.4. The number of carbonyl (C=O) groups excluding carboxylic acids is 1. The molecule has 0 radical (unpaired) electrons. The van der Waals surface area contributed by atoms with E-state index in [0.29, 0.717) is 18.3 Å². The molecular weight excluding hydrogens is 713 g/mol. The van der Waals surface area contributed by atoms with E-state index in [1.807, 2.05) is 18.2 Å². The second kappa shape index (κ2) is 17.5. The highest BCUT2D eigenvalue weighted by Crippen LogP contribution is 2.44. The molecule has 2 aliphatic rings. The summed E-state index contributed by atoms with van der Waals surface area (Å²) in [5, 5.41) is 1.11. The molecule has 6 aromatic carbocycles. The Balaban J connectivity index is 0.966. The summed E-state index contributed by atoms with van der Waals surface area (Å²) >= 11 is 1.76. The fraction of sp³-hybridized carbons (Fsp3) is 0.189. The van der Waals surface area contributed by atoms with Crippen LogP contribution >= 0.6 is 11.8 Å². The van der Waals surface area contributed by atoms with Crippen molar-refractivity contribution < 1.29 is 4.79 Å². The van der Waals surface area contributed by atoms with Crippen LogP contribution in [0.4, 0.5) is 17.1 Å². The van der Waals surface area contributed by atoms with Gasteiger partial charge < -0.3 is 9.80 Å². The Bertz CT molecular complexity index is 2390. The summed E-state index contributed by atoms with van der Waals surface area (Å²) in [6, 6.07) is 56.3. The van der Waals surface area contributed by atoms with Crippen LogP contribution in [-0.4, -0.2) is 23.8 Å². The van der Waals surface area contributed by atoms with Crippen molar-refractivity contribution in [3.05, 3.63) is 212 Å². The van der Waals surface area contributed by atoms with Crippen molar-refractivity contribution in [2.24, 2.45) is 0 Å². The topological polar surface area (TPSA) is 23.6 Å². The van der Waals surface area contributed by atoms with Crippen molar-refractivity contribution in [2.45, 2.75) is 51.9 Å². The van der Waals surface area contributed by atoms with Crippen LogP contribution in [0.5, 0.6) is 0 Å². The van der Waals surface area contributed by atoms with Gasteiger partial charge in [-0.15, -0.1) is 0 Å². The normalized spacial score (nSPS) is 17.0. The molecule has 1 aliphatic heterocycles. The van der Waals surface area contributed by atoms with Gasteiger partial charge in [-0.3, -0.25) is 4.79 Å². The molecule has 0 bridgehead atoms. The highest BCUT2D eigenvalue weighted by atomic mass is 32.2. The van der Waals surface area contributed by atoms with Crippen LogP contribution in [0.15, 0.2) is 173 Å². The summed E-state index contributed by atoms with van der Waals surface area (Å²) in [5.74, 6) is 1.11. The second-order valence-electron chi connectivity index (χ2n) is 15.2. The van der Waals surface area contributed by atoms with Crippen molar-refractivity contribution in [1.82, 2.24) is 4.90 Å². The van der Waals surface area contributed by atoms with Crippen LogP contribution < -0.4 is 4.90 Å². The molecule has 4 heteroatoms. The lowest BCUT2D eigenvalue weighted by Crippen LogP contribution is -2.19. The summed E-state index contributed by atoms with van der Waals surface area (Å²) in [6.07, 6.45) is 9.58. The Hall–Kier alpha value is -5.84. The van der Waals surface area contributed by atoms with Gasteiger partial charge in [0.15, 0.2) is 5.78 Å². The summed E-state index contributed by atoms with van der Waals surface area (Å²) < 4.78 is 0. The first-order valence-corrected chi connectivity index (χ1v) is 21.2. The number of fused-ring (bicyclic) bond motifs is 1. The standard InChI is InChI=1S/C53H50N2OS/c1-4-42(44-26-22-40(23-27-44)21-20-39-14-8-6-9-15-39)34-38(3)43-28-32-48(33-29-43)55(46-17-10-7-11-18-46)47-30-24-41(25-31-47)35-49-37-54(5-2)53(57-49)51-36-45-16-12-13-19-50(45)52(51)56/h6-33,35,38,42H,4-5,34,36-37H2,1-3H3/b21-20+,49-35+,53-51+. The highest BCUT2D eigenvalue weighted by Gasteiger charge is 2.33. The molecular formula is C53H50N2OS. The first kappa shape index (κ1) is 38.1. The average molecular weight is 763 g/mol. The number of hydrogen-bond acceptors (Lipinski definition) is 4. The minimum atomic E-state index is 0.180. The molecule has 1 saturated heterocycles. The number of hydrogen-bond donors (Lipinski definition) is 0. The molecule has 2 atom stereocenters. The van der Waals surface area contributed by atoms with Gasteiger partial charge in [0, 0.05) is 52.6 Å². The first-order chi connectivity index (χ1) is 28.0. The van der Waals surface area contributed by atoms with Gasteiger partial charge in [-0.1, -0.05) is 159 Å². The highest BCUT2D eigenvalue weighted by molar-refractivity contribution is 8.07. The second-order valence-corrected chi connectivity index (χ2v) is 16.3. The number of ketones is 1. The van der Waals surface area contributed by atoms with Crippen LogP contribution in [0.3, 0.4) is 0 Å². The van der Waals surface area contributed by atoms with Gasteiger partial charge in [0.1, 0.15) is 0 Å². The van der Waals surface area contributed by atoms with Crippen molar-refractivity contribution >= 4 is 52.8 Å². The lowest BCUT2D eigenvalue weighted by Gasteiger charge is -2.26. The van der Waals surface area contributed by atoms with Crippen molar-refractivity contribution in [3.63, 3.8) is 0 Å². The minimum absolute atomic E-state index is 0.180. The lowest BCUT2D eigenvalue weighted by atomic mass is 9.84. The third kappa shape index (κ3) is 8.62. The predicted octanol–water partition coefficient (Wildman–Crippen LogP) is 14.1. The van der Waals surface area contributed by atoms with Crippen LogP contribution in [-0.2, 0) is 6.42 Å². The van der Waals surface area contributed by atoms with Crippen LogP contribution in [0.25, 0.3) is 18.2 Å². The van der Waals surface area contributed by atoms with E-state index in [1.54, 1.807) is 11.8 Å². The molecule has 0 aromatic heterocycles. The molecule has 1 heterocycles. The van der Waals surface area contributed by atoms with Crippen molar-refractivity contribution in [1.29, 1.82) is 0 Å². The molecule has 8 rings (SSSR count). The number of anilines is 3. The van der Waals surface area contributed by atoms with Gasteiger partial charge in [-0.25, -0.2) is 0 Å². The maximum Gasteiger partial charge on any atom is 0.192 e. The zero-order valence-corrected chi connectivity index (χ0v) is 34.0. The number of rotatable bonds is 12. The Kier molecular flexibility index (Phi) is 11.7. The number of allylic oxidation sites excluding steroid dienone is 1. The Labute approximate surface area is 343 Å². The summed E-state index contributed by atoms with van der Waals surface area (Å²) in [7, 11) is 0. The average Bonchev–Trinajstić information content (AvgIpc) is 3.83. The number of benzene rings is 6. The van der Waals surface area contributed by atoms with Gasteiger partial charge >= 0.3 is 0 Å². The van der Waals surface area contributed by atoms with E-state index in [0.717, 1.165) is 70.3 Å². The number of likely N-dealkylation sites (N-methyl/N-ethyl adjacent to an activating group) is 1. The smallest absolute Gasteiger partial charge is 0.192 e. The minimum Gasteiger partial charge on any atom is -0.361 e. The summed E-state index contributed by atoms with van der Waals surface area (Å²) in [4.78, 5) is 19.3. The number of para-hydroxylation sites is 1. The molecule has 0 spiro atoms. The van der Waals surface area contributed by atoms with E-state index in [9.17, 15) is 4.79 Å². The number of nitrogens with zero attached hydrogens (tertiary/aromatic N) is 2. The van der Waals surface area contributed by atoms with Crippen molar-refractivity contribution in [3.8, 4) is 0 Å². The largest absolute Gasteiger partial charge is 0.361 e. The Morgan fingerprint density at radius 2 is 1.21 bits per heavy atom. The summed E-state index contributed by atoms with van der Waals surface area (Å²) in [6.45, 7) is 8.54. The van der Waals surface area contributed by atoms with E-state index in [-0.39, 0.29) is 5.78 Å². The number of carbonyl (C=O) groups is 1. The van der Waals surface area contributed by atoms with Gasteiger partial charge in [0.05, 0.1) is 5.03 Å².